The van der Waals surface area contributed by atoms with Crippen molar-refractivity contribution in [1.82, 2.24) is 0 Å². The van der Waals surface area contributed by atoms with Crippen LogP contribution in [0, 0.1) is 16.7 Å². The van der Waals surface area contributed by atoms with Crippen molar-refractivity contribution in [2.45, 2.75) is 142 Å². The first-order valence-corrected chi connectivity index (χ1v) is 18.4. The molecule has 0 amide bonds. The molecule has 0 saturated heterocycles. The SMILES string of the molecule is CC(C)CCCCCCCCCCCCCC1(C=O)C(Oc2ccccc2)C1(C(C)(C)c1ccccc1)C(C)(C)c1ccccc1. The van der Waals surface area contributed by atoms with E-state index in [1.54, 1.807) is 0 Å². The summed E-state index contributed by atoms with van der Waals surface area (Å²) >= 11 is 0. The van der Waals surface area contributed by atoms with Crippen LogP contribution in [0.5, 0.6) is 5.75 Å². The van der Waals surface area contributed by atoms with Gasteiger partial charge in [0.2, 0.25) is 0 Å². The Morgan fingerprint density at radius 1 is 0.609 bits per heavy atom. The highest BCUT2D eigenvalue weighted by Gasteiger charge is 2.87. The van der Waals surface area contributed by atoms with Crippen molar-refractivity contribution in [2.75, 3.05) is 0 Å². The zero-order chi connectivity index (χ0) is 33.1. The Hall–Kier alpha value is -2.87. The van der Waals surface area contributed by atoms with Crippen molar-refractivity contribution in [3.63, 3.8) is 0 Å². The minimum atomic E-state index is -0.614. The quantitative estimate of drug-likeness (QED) is 0.0872. The average Bonchev–Trinajstić information content (AvgIpc) is 3.67. The molecule has 1 aliphatic rings. The fourth-order valence-electron chi connectivity index (χ4n) is 9.22. The van der Waals surface area contributed by atoms with Crippen molar-refractivity contribution in [2.24, 2.45) is 16.7 Å². The zero-order valence-electron chi connectivity index (χ0n) is 29.9. The standard InChI is InChI=1S/C44H62O2/c1-36(2)27-19-14-12-10-8-7-9-11-13-15-26-34-43(35-45)40(46-39-32-24-18-25-33-39)44(43,41(3,4)37-28-20-16-21-29-37)42(5,6)38-30-22-17-23-31-38/h16-18,20-25,28-33,35-36,40H,7-15,19,26-27,34H2,1-6H3. The van der Waals surface area contributed by atoms with Crippen LogP contribution in [0.15, 0.2) is 91.0 Å². The molecular weight excluding hydrogens is 560 g/mol. The molecule has 0 aliphatic heterocycles. The lowest BCUT2D eigenvalue weighted by Crippen LogP contribution is -2.49. The van der Waals surface area contributed by atoms with Gasteiger partial charge in [-0.1, -0.05) is 197 Å². The van der Waals surface area contributed by atoms with Crippen molar-refractivity contribution in [1.29, 1.82) is 0 Å². The predicted molar refractivity (Wildman–Crippen MR) is 196 cm³/mol. The molecule has 0 heterocycles. The Bertz CT molecular complexity index is 1240. The molecule has 2 nitrogen and oxygen atoms in total. The first-order chi connectivity index (χ1) is 22.1. The fourth-order valence-corrected chi connectivity index (χ4v) is 9.22. The normalized spacial score (nSPS) is 19.2. The second-order valence-corrected chi connectivity index (χ2v) is 15.6. The summed E-state index contributed by atoms with van der Waals surface area (Å²) in [6, 6.07) is 31.8. The van der Waals surface area contributed by atoms with Gasteiger partial charge in [-0.25, -0.2) is 0 Å². The van der Waals surface area contributed by atoms with E-state index in [0.29, 0.717) is 0 Å². The summed E-state index contributed by atoms with van der Waals surface area (Å²) in [4.78, 5) is 13.7. The first kappa shape index (κ1) is 36.0. The molecule has 3 aromatic carbocycles. The second kappa shape index (κ2) is 16.3. The van der Waals surface area contributed by atoms with Gasteiger partial charge in [0.1, 0.15) is 18.1 Å². The molecule has 2 unspecified atom stereocenters. The van der Waals surface area contributed by atoms with Gasteiger partial charge in [0.05, 0.1) is 5.41 Å². The van der Waals surface area contributed by atoms with E-state index in [0.717, 1.165) is 30.9 Å². The van der Waals surface area contributed by atoms with Crippen LogP contribution in [0.1, 0.15) is 136 Å². The zero-order valence-corrected chi connectivity index (χ0v) is 29.9. The molecular formula is C44H62O2. The van der Waals surface area contributed by atoms with E-state index in [9.17, 15) is 4.79 Å². The Kier molecular flexibility index (Phi) is 12.7. The number of para-hydroxylation sites is 1. The van der Waals surface area contributed by atoms with Gasteiger partial charge in [0.15, 0.2) is 0 Å². The van der Waals surface area contributed by atoms with E-state index in [1.807, 2.05) is 30.3 Å². The highest BCUT2D eigenvalue weighted by atomic mass is 16.5. The molecule has 46 heavy (non-hydrogen) atoms. The average molecular weight is 623 g/mol. The van der Waals surface area contributed by atoms with E-state index in [2.05, 4.69) is 102 Å². The third-order valence-corrected chi connectivity index (χ3v) is 11.6. The first-order valence-electron chi connectivity index (χ1n) is 18.4. The minimum absolute atomic E-state index is 0.245. The molecule has 0 N–H and O–H groups in total. The molecule has 4 rings (SSSR count). The maximum absolute atomic E-state index is 13.7. The molecule has 0 radical (unpaired) electrons. The van der Waals surface area contributed by atoms with Gasteiger partial charge in [-0.2, -0.15) is 0 Å². The molecule has 1 fully saturated rings. The van der Waals surface area contributed by atoms with Crippen LogP contribution in [0.4, 0.5) is 0 Å². The highest BCUT2D eigenvalue weighted by molar-refractivity contribution is 5.74. The van der Waals surface area contributed by atoms with Gasteiger partial charge in [-0.15, -0.1) is 0 Å². The number of hydrogen-bond donors (Lipinski definition) is 0. The summed E-state index contributed by atoms with van der Waals surface area (Å²) in [5.74, 6) is 1.68. The Labute approximate surface area is 281 Å². The van der Waals surface area contributed by atoms with E-state index in [4.69, 9.17) is 4.74 Å². The maximum atomic E-state index is 13.7. The summed E-state index contributed by atoms with van der Waals surface area (Å²) in [5, 5.41) is 0. The predicted octanol–water partition coefficient (Wildman–Crippen LogP) is 12.3. The summed E-state index contributed by atoms with van der Waals surface area (Å²) in [5.41, 5.74) is 0.735. The smallest absolute Gasteiger partial charge is 0.130 e. The summed E-state index contributed by atoms with van der Waals surface area (Å²) < 4.78 is 7.00. The van der Waals surface area contributed by atoms with Gasteiger partial charge in [0, 0.05) is 16.2 Å². The number of carbonyl (C=O) groups excluding carboxylic acids is 1. The lowest BCUT2D eigenvalue weighted by atomic mass is 9.53. The van der Waals surface area contributed by atoms with Crippen molar-refractivity contribution in [3.05, 3.63) is 102 Å². The molecule has 1 aliphatic carbocycles. The van der Waals surface area contributed by atoms with Gasteiger partial charge >= 0.3 is 0 Å². The second-order valence-electron chi connectivity index (χ2n) is 15.6. The Morgan fingerprint density at radius 3 is 1.41 bits per heavy atom. The van der Waals surface area contributed by atoms with Crippen LogP contribution >= 0.6 is 0 Å². The van der Waals surface area contributed by atoms with Gasteiger partial charge in [-0.3, -0.25) is 0 Å². The number of aldehydes is 1. The van der Waals surface area contributed by atoms with E-state index >= 15 is 0 Å². The molecule has 2 atom stereocenters. The minimum Gasteiger partial charge on any atom is -0.489 e. The van der Waals surface area contributed by atoms with E-state index in [-0.39, 0.29) is 16.9 Å². The molecule has 1 saturated carbocycles. The van der Waals surface area contributed by atoms with Gasteiger partial charge in [0.25, 0.3) is 0 Å². The molecule has 250 valence electrons. The molecule has 3 aromatic rings. The van der Waals surface area contributed by atoms with Crippen molar-refractivity contribution >= 4 is 6.29 Å². The summed E-state index contributed by atoms with van der Waals surface area (Å²) in [7, 11) is 0. The molecule has 0 spiro atoms. The number of unbranched alkanes of at least 4 members (excludes halogenated alkanes) is 10. The molecule has 0 aromatic heterocycles. The van der Waals surface area contributed by atoms with Crippen LogP contribution in [0.3, 0.4) is 0 Å². The van der Waals surface area contributed by atoms with Crippen LogP contribution < -0.4 is 4.74 Å². The van der Waals surface area contributed by atoms with Crippen LogP contribution in [0.25, 0.3) is 0 Å². The number of benzene rings is 3. The highest BCUT2D eigenvalue weighted by Crippen LogP contribution is 2.80. The van der Waals surface area contributed by atoms with Gasteiger partial charge in [-0.05, 0) is 35.6 Å². The van der Waals surface area contributed by atoms with Crippen LogP contribution in [-0.2, 0) is 15.6 Å². The third kappa shape index (κ3) is 7.48. The molecule has 2 heteroatoms. The van der Waals surface area contributed by atoms with Crippen molar-refractivity contribution < 1.29 is 9.53 Å². The largest absolute Gasteiger partial charge is 0.489 e. The number of carbonyl (C=O) groups is 1. The maximum Gasteiger partial charge on any atom is 0.130 e. The monoisotopic (exact) mass is 622 g/mol. The van der Waals surface area contributed by atoms with Crippen molar-refractivity contribution in [3.8, 4) is 5.75 Å². The van der Waals surface area contributed by atoms with Crippen LogP contribution in [0.2, 0.25) is 0 Å². The van der Waals surface area contributed by atoms with E-state index < -0.39 is 10.8 Å². The van der Waals surface area contributed by atoms with Crippen LogP contribution in [-0.4, -0.2) is 12.4 Å². The topological polar surface area (TPSA) is 26.3 Å². The van der Waals surface area contributed by atoms with Gasteiger partial charge < -0.3 is 9.53 Å². The number of rotatable bonds is 21. The summed E-state index contributed by atoms with van der Waals surface area (Å²) in [6.45, 7) is 14.1. The van der Waals surface area contributed by atoms with E-state index in [1.165, 1.54) is 81.6 Å². The lowest BCUT2D eigenvalue weighted by Gasteiger charge is -2.49. The fraction of sp³-hybridized carbons (Fsp3) is 0.568. The number of hydrogen-bond acceptors (Lipinski definition) is 2. The Morgan fingerprint density at radius 2 is 1.00 bits per heavy atom. The molecule has 0 bridgehead atoms. The third-order valence-electron chi connectivity index (χ3n) is 11.6. The lowest BCUT2D eigenvalue weighted by molar-refractivity contribution is -0.115. The number of ether oxygens (including phenoxy) is 1. The summed E-state index contributed by atoms with van der Waals surface area (Å²) in [6.07, 6.45) is 17.7. The Balaban J connectivity index is 1.51.